The number of aliphatic carboxylic acids is 1. The SMILES string of the molecule is O=C(O)Cc1cnc(-c2cccc(Cl)c2Cl)c(Cl)c1. The number of carboxylic acid groups (broad SMARTS) is 1. The van der Waals surface area contributed by atoms with Crippen LogP contribution in [0.3, 0.4) is 0 Å². The van der Waals surface area contributed by atoms with Crippen LogP contribution >= 0.6 is 34.8 Å². The minimum absolute atomic E-state index is 0.129. The van der Waals surface area contributed by atoms with Gasteiger partial charge < -0.3 is 5.11 Å². The Morgan fingerprint density at radius 2 is 1.95 bits per heavy atom. The van der Waals surface area contributed by atoms with Crippen LogP contribution in [0, 0.1) is 0 Å². The van der Waals surface area contributed by atoms with Crippen LogP contribution in [0.15, 0.2) is 30.5 Å². The van der Waals surface area contributed by atoms with Gasteiger partial charge >= 0.3 is 5.97 Å². The largest absolute Gasteiger partial charge is 0.481 e. The number of hydrogen-bond acceptors (Lipinski definition) is 2. The molecule has 0 aliphatic rings. The molecule has 0 fully saturated rings. The van der Waals surface area contributed by atoms with Gasteiger partial charge in [0.2, 0.25) is 0 Å². The van der Waals surface area contributed by atoms with Gasteiger partial charge in [-0.25, -0.2) is 0 Å². The molecule has 0 bridgehead atoms. The summed E-state index contributed by atoms with van der Waals surface area (Å²) in [6.07, 6.45) is 1.34. The van der Waals surface area contributed by atoms with Crippen LogP contribution in [0.25, 0.3) is 11.3 Å². The zero-order chi connectivity index (χ0) is 14.0. The van der Waals surface area contributed by atoms with Crippen LogP contribution in [0.2, 0.25) is 15.1 Å². The summed E-state index contributed by atoms with van der Waals surface area (Å²) in [4.78, 5) is 14.8. The van der Waals surface area contributed by atoms with Crippen LogP contribution in [-0.4, -0.2) is 16.1 Å². The summed E-state index contributed by atoms with van der Waals surface area (Å²) in [6.45, 7) is 0. The van der Waals surface area contributed by atoms with Gasteiger partial charge in [-0.2, -0.15) is 0 Å². The molecular formula is C13H8Cl3NO2. The summed E-state index contributed by atoms with van der Waals surface area (Å²) >= 11 is 18.1. The Morgan fingerprint density at radius 3 is 2.58 bits per heavy atom. The maximum Gasteiger partial charge on any atom is 0.307 e. The van der Waals surface area contributed by atoms with Gasteiger partial charge in [0.1, 0.15) is 0 Å². The smallest absolute Gasteiger partial charge is 0.307 e. The molecule has 0 spiro atoms. The van der Waals surface area contributed by atoms with Gasteiger partial charge in [-0.3, -0.25) is 9.78 Å². The second-order valence-corrected chi connectivity index (χ2v) is 5.04. The molecule has 6 heteroatoms. The first-order valence-electron chi connectivity index (χ1n) is 5.29. The summed E-state index contributed by atoms with van der Waals surface area (Å²) in [5.74, 6) is -0.939. The van der Waals surface area contributed by atoms with Gasteiger partial charge in [-0.1, -0.05) is 46.9 Å². The Balaban J connectivity index is 2.46. The average Bonchev–Trinajstić information content (AvgIpc) is 2.33. The van der Waals surface area contributed by atoms with Crippen LogP contribution in [0.1, 0.15) is 5.56 Å². The van der Waals surface area contributed by atoms with Crippen LogP contribution < -0.4 is 0 Å². The van der Waals surface area contributed by atoms with Crippen molar-refractivity contribution in [3.05, 3.63) is 51.1 Å². The van der Waals surface area contributed by atoms with Crippen molar-refractivity contribution in [2.75, 3.05) is 0 Å². The highest BCUT2D eigenvalue weighted by Gasteiger charge is 2.13. The highest BCUT2D eigenvalue weighted by atomic mass is 35.5. The van der Waals surface area contributed by atoms with Gasteiger partial charge in [0.05, 0.1) is 27.2 Å². The van der Waals surface area contributed by atoms with E-state index < -0.39 is 5.97 Å². The van der Waals surface area contributed by atoms with Crippen molar-refractivity contribution in [1.82, 2.24) is 4.98 Å². The number of carbonyl (C=O) groups is 1. The average molecular weight is 317 g/mol. The topological polar surface area (TPSA) is 50.2 Å². The molecule has 1 heterocycles. The molecule has 2 aromatic rings. The minimum Gasteiger partial charge on any atom is -0.481 e. The predicted octanol–water partition coefficient (Wildman–Crippen LogP) is 4.34. The van der Waals surface area contributed by atoms with Gasteiger partial charge in [0.25, 0.3) is 0 Å². The van der Waals surface area contributed by atoms with Crippen molar-refractivity contribution in [3.8, 4) is 11.3 Å². The second-order valence-electron chi connectivity index (χ2n) is 3.85. The molecule has 0 saturated carbocycles. The molecule has 0 aliphatic heterocycles. The summed E-state index contributed by atoms with van der Waals surface area (Å²) in [5, 5.41) is 9.83. The van der Waals surface area contributed by atoms with E-state index >= 15 is 0 Å². The minimum atomic E-state index is -0.939. The molecule has 2 rings (SSSR count). The van der Waals surface area contributed by atoms with E-state index in [2.05, 4.69) is 4.98 Å². The summed E-state index contributed by atoms with van der Waals surface area (Å²) in [7, 11) is 0. The van der Waals surface area contributed by atoms with Gasteiger partial charge in [0.15, 0.2) is 0 Å². The molecule has 0 radical (unpaired) electrons. The number of halogens is 3. The fraction of sp³-hybridized carbons (Fsp3) is 0.0769. The third kappa shape index (κ3) is 3.18. The molecule has 1 aromatic heterocycles. The number of rotatable bonds is 3. The number of benzene rings is 1. The van der Waals surface area contributed by atoms with Crippen molar-refractivity contribution in [3.63, 3.8) is 0 Å². The Bertz CT molecular complexity index is 644. The van der Waals surface area contributed by atoms with E-state index in [0.717, 1.165) is 0 Å². The molecule has 1 aromatic carbocycles. The maximum absolute atomic E-state index is 10.6. The highest BCUT2D eigenvalue weighted by Crippen LogP contribution is 2.35. The van der Waals surface area contributed by atoms with E-state index in [1.54, 1.807) is 24.3 Å². The van der Waals surface area contributed by atoms with E-state index in [4.69, 9.17) is 39.9 Å². The van der Waals surface area contributed by atoms with E-state index in [-0.39, 0.29) is 6.42 Å². The second kappa shape index (κ2) is 5.78. The first kappa shape index (κ1) is 14.1. The number of nitrogens with zero attached hydrogens (tertiary/aromatic N) is 1. The molecule has 3 nitrogen and oxygen atoms in total. The Hall–Kier alpha value is -1.29. The number of pyridine rings is 1. The molecular weight excluding hydrogens is 309 g/mol. The lowest BCUT2D eigenvalue weighted by Crippen LogP contribution is -2.01. The normalized spacial score (nSPS) is 10.5. The first-order valence-corrected chi connectivity index (χ1v) is 6.43. The predicted molar refractivity (Wildman–Crippen MR) is 76.0 cm³/mol. The zero-order valence-corrected chi connectivity index (χ0v) is 11.8. The molecule has 0 aliphatic carbocycles. The summed E-state index contributed by atoms with van der Waals surface area (Å²) < 4.78 is 0. The lowest BCUT2D eigenvalue weighted by atomic mass is 10.1. The van der Waals surface area contributed by atoms with E-state index in [1.807, 2.05) is 0 Å². The molecule has 19 heavy (non-hydrogen) atoms. The summed E-state index contributed by atoms with van der Waals surface area (Å²) in [5.41, 5.74) is 1.61. The molecule has 1 N–H and O–H groups in total. The van der Waals surface area contributed by atoms with Crippen molar-refractivity contribution >= 4 is 40.8 Å². The van der Waals surface area contributed by atoms with E-state index in [9.17, 15) is 4.79 Å². The third-order valence-electron chi connectivity index (χ3n) is 2.46. The molecule has 0 unspecified atom stereocenters. The van der Waals surface area contributed by atoms with Gasteiger partial charge in [-0.15, -0.1) is 0 Å². The van der Waals surface area contributed by atoms with E-state index in [1.165, 1.54) is 6.20 Å². The fourth-order valence-corrected chi connectivity index (χ4v) is 2.31. The zero-order valence-electron chi connectivity index (χ0n) is 9.53. The molecule has 98 valence electrons. The van der Waals surface area contributed by atoms with E-state index in [0.29, 0.717) is 31.9 Å². The number of carboxylic acids is 1. The standard InChI is InChI=1S/C13H8Cl3NO2/c14-9-3-1-2-8(12(9)16)13-10(15)4-7(6-17-13)5-11(18)19/h1-4,6H,5H2,(H,18,19). The summed E-state index contributed by atoms with van der Waals surface area (Å²) in [6, 6.07) is 6.72. The van der Waals surface area contributed by atoms with Crippen molar-refractivity contribution in [1.29, 1.82) is 0 Å². The lowest BCUT2D eigenvalue weighted by Gasteiger charge is -2.08. The monoisotopic (exact) mass is 315 g/mol. The van der Waals surface area contributed by atoms with Crippen LogP contribution in [0.5, 0.6) is 0 Å². The third-order valence-corrected chi connectivity index (χ3v) is 3.57. The quantitative estimate of drug-likeness (QED) is 0.916. The van der Waals surface area contributed by atoms with Crippen molar-refractivity contribution in [2.24, 2.45) is 0 Å². The van der Waals surface area contributed by atoms with Gasteiger partial charge in [-0.05, 0) is 17.7 Å². The highest BCUT2D eigenvalue weighted by molar-refractivity contribution is 6.44. The van der Waals surface area contributed by atoms with Crippen LogP contribution in [0.4, 0.5) is 0 Å². The first-order chi connectivity index (χ1) is 8.99. The number of hydrogen-bond donors (Lipinski definition) is 1. The molecule has 0 atom stereocenters. The Kier molecular flexibility index (Phi) is 4.30. The lowest BCUT2D eigenvalue weighted by molar-refractivity contribution is -0.136. The van der Waals surface area contributed by atoms with Crippen molar-refractivity contribution < 1.29 is 9.90 Å². The maximum atomic E-state index is 10.6. The molecule has 0 amide bonds. The molecule has 0 saturated heterocycles. The Morgan fingerprint density at radius 1 is 1.21 bits per heavy atom. The number of aromatic nitrogens is 1. The fourth-order valence-electron chi connectivity index (χ4n) is 1.63. The van der Waals surface area contributed by atoms with Crippen molar-refractivity contribution in [2.45, 2.75) is 6.42 Å². The van der Waals surface area contributed by atoms with Gasteiger partial charge in [0, 0.05) is 11.8 Å². The van der Waals surface area contributed by atoms with Crippen LogP contribution in [-0.2, 0) is 11.2 Å². The Labute approximate surface area is 124 Å².